The summed E-state index contributed by atoms with van der Waals surface area (Å²) in [5.74, 6) is 0.820. The number of hydrogen-bond acceptors (Lipinski definition) is 4. The third-order valence-corrected chi connectivity index (χ3v) is 6.20. The van der Waals surface area contributed by atoms with Crippen molar-refractivity contribution < 1.29 is 9.47 Å². The standard InChI is InChI=1S/C27H37N2O2P/c1-18(25-22-10-8-9-11-23(22)32-29-25)24(28)19-12-14-20(15-13-19)30-17-21(16-26(2,3)4)31-27(5,6)7/h8-15,21,32H,16-17,28H2,1-7H3. The first-order chi connectivity index (χ1) is 14.9. The van der Waals surface area contributed by atoms with Gasteiger partial charge in [0, 0.05) is 16.2 Å². The molecule has 1 aromatic heterocycles. The van der Waals surface area contributed by atoms with Crippen molar-refractivity contribution >= 4 is 30.1 Å². The van der Waals surface area contributed by atoms with Crippen LogP contribution in [0.25, 0.3) is 21.8 Å². The molecule has 0 fully saturated rings. The molecular weight excluding hydrogens is 415 g/mol. The van der Waals surface area contributed by atoms with Crippen LogP contribution in [0.5, 0.6) is 5.75 Å². The molecule has 0 aliphatic carbocycles. The van der Waals surface area contributed by atoms with Gasteiger partial charge in [-0.25, -0.2) is 4.75 Å². The zero-order chi connectivity index (χ0) is 23.5. The van der Waals surface area contributed by atoms with Crippen LogP contribution in [0.2, 0.25) is 0 Å². The third kappa shape index (κ3) is 6.60. The molecule has 4 nitrogen and oxygen atoms in total. The zero-order valence-electron chi connectivity index (χ0n) is 20.5. The lowest BCUT2D eigenvalue weighted by atomic mass is 9.89. The van der Waals surface area contributed by atoms with Gasteiger partial charge in [0.25, 0.3) is 0 Å². The van der Waals surface area contributed by atoms with Crippen molar-refractivity contribution in [3.05, 3.63) is 59.8 Å². The van der Waals surface area contributed by atoms with E-state index >= 15 is 0 Å². The second-order valence-corrected chi connectivity index (χ2v) is 11.6. The summed E-state index contributed by atoms with van der Waals surface area (Å²) in [5.41, 5.74) is 10.2. The molecule has 2 aromatic carbocycles. The number of ether oxygens (including phenoxy) is 2. The fourth-order valence-corrected chi connectivity index (χ4v) is 4.84. The van der Waals surface area contributed by atoms with Crippen LogP contribution in [-0.4, -0.2) is 23.1 Å². The minimum absolute atomic E-state index is 0.0307. The number of nitrogens with zero attached hydrogens (tertiary/aromatic N) is 1. The van der Waals surface area contributed by atoms with Gasteiger partial charge in [-0.3, -0.25) is 0 Å². The van der Waals surface area contributed by atoms with Gasteiger partial charge in [-0.2, -0.15) is 0 Å². The number of rotatable bonds is 7. The summed E-state index contributed by atoms with van der Waals surface area (Å²) >= 11 is 0. The predicted octanol–water partition coefficient (Wildman–Crippen LogP) is 7.11. The Morgan fingerprint density at radius 1 is 1.00 bits per heavy atom. The average molecular weight is 453 g/mol. The fourth-order valence-electron chi connectivity index (χ4n) is 3.83. The first kappa shape index (κ1) is 24.4. The van der Waals surface area contributed by atoms with Gasteiger partial charge >= 0.3 is 0 Å². The number of aromatic nitrogens is 1. The van der Waals surface area contributed by atoms with Crippen LogP contribution in [0.3, 0.4) is 0 Å². The van der Waals surface area contributed by atoms with E-state index in [1.54, 1.807) is 0 Å². The normalized spacial score (nSPS) is 14.6. The van der Waals surface area contributed by atoms with E-state index in [0.29, 0.717) is 15.0 Å². The molecule has 1 heterocycles. The summed E-state index contributed by atoms with van der Waals surface area (Å²) in [7, 11) is 0.456. The van der Waals surface area contributed by atoms with Crippen LogP contribution < -0.4 is 10.5 Å². The van der Waals surface area contributed by atoms with Crippen molar-refractivity contribution in [1.29, 1.82) is 0 Å². The third-order valence-electron chi connectivity index (χ3n) is 5.19. The molecule has 172 valence electrons. The van der Waals surface area contributed by atoms with E-state index in [2.05, 4.69) is 65.8 Å². The zero-order valence-corrected chi connectivity index (χ0v) is 21.5. The van der Waals surface area contributed by atoms with E-state index in [1.807, 2.05) is 31.2 Å². The Labute approximate surface area is 194 Å². The summed E-state index contributed by atoms with van der Waals surface area (Å²) in [4.78, 5) is 0. The number of nitrogens with two attached hydrogens (primary N) is 1. The lowest BCUT2D eigenvalue weighted by molar-refractivity contribution is -0.0893. The highest BCUT2D eigenvalue weighted by atomic mass is 31.0. The highest BCUT2D eigenvalue weighted by Crippen LogP contribution is 2.33. The smallest absolute Gasteiger partial charge is 0.119 e. The lowest BCUT2D eigenvalue weighted by Crippen LogP contribution is -2.34. The summed E-state index contributed by atoms with van der Waals surface area (Å²) in [6, 6.07) is 16.4. The second kappa shape index (κ2) is 9.68. The maximum atomic E-state index is 6.53. The molecule has 5 heteroatoms. The largest absolute Gasteiger partial charge is 0.491 e. The molecule has 0 spiro atoms. The van der Waals surface area contributed by atoms with E-state index in [1.165, 1.54) is 10.5 Å². The molecule has 0 bridgehead atoms. The fraction of sp³-hybridized carbons (Fsp3) is 0.444. The maximum absolute atomic E-state index is 6.53. The van der Waals surface area contributed by atoms with Crippen molar-refractivity contribution in [3.8, 4) is 5.75 Å². The average Bonchev–Trinajstić information content (AvgIpc) is 3.13. The Bertz CT molecular complexity index is 1050. The molecule has 0 aliphatic rings. The van der Waals surface area contributed by atoms with Gasteiger partial charge in [-0.1, -0.05) is 39.0 Å². The van der Waals surface area contributed by atoms with Crippen LogP contribution in [-0.2, 0) is 4.74 Å². The van der Waals surface area contributed by atoms with Crippen molar-refractivity contribution in [2.75, 3.05) is 6.61 Å². The molecular formula is C27H37N2O2P. The predicted molar refractivity (Wildman–Crippen MR) is 139 cm³/mol. The van der Waals surface area contributed by atoms with E-state index in [4.69, 9.17) is 20.0 Å². The Kier molecular flexibility index (Phi) is 7.37. The maximum Gasteiger partial charge on any atom is 0.119 e. The van der Waals surface area contributed by atoms with Crippen LogP contribution in [0.1, 0.15) is 66.1 Å². The molecule has 0 aliphatic heterocycles. The molecule has 32 heavy (non-hydrogen) atoms. The van der Waals surface area contributed by atoms with Gasteiger partial charge in [0.2, 0.25) is 0 Å². The van der Waals surface area contributed by atoms with Gasteiger partial charge in [0.1, 0.15) is 12.4 Å². The van der Waals surface area contributed by atoms with Gasteiger partial charge in [-0.05, 0) is 89.4 Å². The van der Waals surface area contributed by atoms with E-state index < -0.39 is 0 Å². The Morgan fingerprint density at radius 3 is 2.28 bits per heavy atom. The van der Waals surface area contributed by atoms with Gasteiger partial charge < -0.3 is 15.2 Å². The van der Waals surface area contributed by atoms with Crippen LogP contribution in [0.15, 0.2) is 48.5 Å². The Morgan fingerprint density at radius 2 is 1.66 bits per heavy atom. The van der Waals surface area contributed by atoms with Crippen molar-refractivity contribution in [1.82, 2.24) is 4.75 Å². The molecule has 3 rings (SSSR count). The summed E-state index contributed by atoms with van der Waals surface area (Å²) in [6.07, 6.45) is 0.963. The molecule has 2 atom stereocenters. The highest BCUT2D eigenvalue weighted by Gasteiger charge is 2.25. The first-order valence-corrected chi connectivity index (χ1v) is 12.2. The van der Waals surface area contributed by atoms with E-state index in [0.717, 1.165) is 34.7 Å². The van der Waals surface area contributed by atoms with Crippen molar-refractivity contribution in [2.45, 2.75) is 66.6 Å². The SMILES string of the molecule is CC(=C(N)c1ccc(OCC(CC(C)(C)C)OC(C)(C)C)cc1)c1n[pH]c2ccccc12. The number of fused-ring (bicyclic) bond motifs is 1. The molecule has 0 saturated heterocycles. The van der Waals surface area contributed by atoms with Crippen LogP contribution >= 0.6 is 8.35 Å². The molecule has 2 unspecified atom stereocenters. The quantitative estimate of drug-likeness (QED) is 0.415. The number of benzene rings is 2. The molecule has 2 N–H and O–H groups in total. The lowest BCUT2D eigenvalue weighted by Gasteiger charge is -2.32. The summed E-state index contributed by atoms with van der Waals surface area (Å²) < 4.78 is 17.1. The van der Waals surface area contributed by atoms with Crippen LogP contribution in [0.4, 0.5) is 0 Å². The highest BCUT2D eigenvalue weighted by molar-refractivity contribution is 7.33. The number of hydrogen-bond donors (Lipinski definition) is 1. The summed E-state index contributed by atoms with van der Waals surface area (Å²) in [6.45, 7) is 15.5. The number of allylic oxidation sites excluding steroid dienone is 1. The van der Waals surface area contributed by atoms with E-state index in [9.17, 15) is 0 Å². The van der Waals surface area contributed by atoms with Crippen molar-refractivity contribution in [3.63, 3.8) is 0 Å². The molecule has 0 radical (unpaired) electrons. The molecule has 0 saturated carbocycles. The second-order valence-electron chi connectivity index (χ2n) is 10.6. The monoisotopic (exact) mass is 452 g/mol. The van der Waals surface area contributed by atoms with Crippen molar-refractivity contribution in [2.24, 2.45) is 11.1 Å². The minimum Gasteiger partial charge on any atom is -0.491 e. The Hall–Kier alpha value is -2.29. The van der Waals surface area contributed by atoms with Crippen LogP contribution in [0, 0.1) is 5.41 Å². The van der Waals surface area contributed by atoms with Gasteiger partial charge in [0.05, 0.1) is 17.4 Å². The first-order valence-electron chi connectivity index (χ1n) is 11.2. The van der Waals surface area contributed by atoms with Gasteiger partial charge in [0.15, 0.2) is 0 Å². The van der Waals surface area contributed by atoms with Gasteiger partial charge in [-0.15, -0.1) is 0 Å². The Balaban J connectivity index is 1.73. The topological polar surface area (TPSA) is 57.4 Å². The minimum atomic E-state index is -0.206. The molecule has 3 aromatic rings. The molecule has 0 amide bonds. The van der Waals surface area contributed by atoms with E-state index in [-0.39, 0.29) is 17.1 Å². The summed E-state index contributed by atoms with van der Waals surface area (Å²) in [5, 5.41) is 2.47.